The number of rotatable bonds is 12. The van der Waals surface area contributed by atoms with E-state index >= 15 is 0 Å². The Bertz CT molecular complexity index is 3090. The van der Waals surface area contributed by atoms with Crippen LogP contribution in [0.1, 0.15) is 72.6 Å². The summed E-state index contributed by atoms with van der Waals surface area (Å²) in [6, 6.07) is 17.8. The van der Waals surface area contributed by atoms with Crippen molar-refractivity contribution in [2.75, 3.05) is 93.2 Å². The molecule has 3 N–H and O–H groups in total. The largest absolute Gasteiger partial charge is 0.494 e. The summed E-state index contributed by atoms with van der Waals surface area (Å²) in [5.74, 6) is 0.891. The Balaban J connectivity index is 0.683. The minimum Gasteiger partial charge on any atom is -0.494 e. The summed E-state index contributed by atoms with van der Waals surface area (Å²) in [6.45, 7) is 13.8. The van der Waals surface area contributed by atoms with Crippen LogP contribution in [-0.2, 0) is 30.9 Å². The van der Waals surface area contributed by atoms with Crippen LogP contribution in [0.3, 0.4) is 0 Å². The predicted octanol–water partition coefficient (Wildman–Crippen LogP) is 6.90. The van der Waals surface area contributed by atoms with Crippen molar-refractivity contribution < 1.29 is 28.5 Å². The van der Waals surface area contributed by atoms with Crippen LogP contribution in [-0.4, -0.2) is 138 Å². The first-order chi connectivity index (χ1) is 34.6. The van der Waals surface area contributed by atoms with Gasteiger partial charge in [0.1, 0.15) is 24.8 Å². The molecule has 3 aromatic carbocycles. The molecule has 5 aliphatic heterocycles. The van der Waals surface area contributed by atoms with Crippen molar-refractivity contribution >= 4 is 97.4 Å². The molecule has 11 rings (SSSR count). The Kier molecular flexibility index (Phi) is 12.5. The van der Waals surface area contributed by atoms with Crippen molar-refractivity contribution in [2.24, 2.45) is 5.92 Å². The minimum atomic E-state index is -2.74. The molecule has 6 aliphatic rings. The monoisotopic (exact) mass is 1060 g/mol. The molecule has 72 heavy (non-hydrogen) atoms. The van der Waals surface area contributed by atoms with Gasteiger partial charge in [-0.2, -0.15) is 4.98 Å². The lowest BCUT2D eigenvalue weighted by Gasteiger charge is -2.46. The van der Waals surface area contributed by atoms with E-state index in [9.17, 15) is 23.7 Å². The number of carbonyl (C=O) groups is 4. The number of piperidine rings is 2. The van der Waals surface area contributed by atoms with Crippen LogP contribution < -0.4 is 35.8 Å². The summed E-state index contributed by atoms with van der Waals surface area (Å²) in [4.78, 5) is 77.4. The lowest BCUT2D eigenvalue weighted by Crippen LogP contribution is -2.59. The summed E-state index contributed by atoms with van der Waals surface area (Å²) in [6.07, 6.45) is 6.76. The first-order valence-corrected chi connectivity index (χ1v) is 28.6. The number of methoxy groups -OCH3 is 1. The average molecular weight is 1060 g/mol. The molecule has 4 saturated heterocycles. The van der Waals surface area contributed by atoms with Crippen molar-refractivity contribution in [3.63, 3.8) is 0 Å². The molecule has 1 atom stereocenters. The topological polar surface area (TPSA) is 186 Å². The summed E-state index contributed by atoms with van der Waals surface area (Å²) < 4.78 is 20.3. The maximum absolute atomic E-state index is 13.8. The van der Waals surface area contributed by atoms with E-state index in [1.165, 1.54) is 5.56 Å². The Labute approximate surface area is 427 Å². The molecule has 1 aliphatic carbocycles. The van der Waals surface area contributed by atoms with E-state index in [2.05, 4.69) is 75.6 Å². The van der Waals surface area contributed by atoms with Gasteiger partial charge in [0.05, 0.1) is 39.9 Å². The predicted molar refractivity (Wildman–Crippen MR) is 283 cm³/mol. The maximum Gasteiger partial charge on any atom is 0.255 e. The highest BCUT2D eigenvalue weighted by molar-refractivity contribution is 9.10. The number of fused-ring (bicyclic) bond motifs is 3. The van der Waals surface area contributed by atoms with E-state index in [0.717, 1.165) is 103 Å². The number of hydrogen-bond acceptors (Lipinski definition) is 14. The molecule has 5 fully saturated rings. The van der Waals surface area contributed by atoms with Gasteiger partial charge in [0.2, 0.25) is 23.7 Å². The molecular formula is C53H61BrN11O6P. The third-order valence-corrected chi connectivity index (χ3v) is 17.9. The molecule has 1 spiro atoms. The highest BCUT2D eigenvalue weighted by Crippen LogP contribution is 2.58. The van der Waals surface area contributed by atoms with Gasteiger partial charge in [-0.3, -0.25) is 34.4 Å². The highest BCUT2D eigenvalue weighted by atomic mass is 79.9. The van der Waals surface area contributed by atoms with Crippen LogP contribution in [0.15, 0.2) is 65.3 Å². The zero-order valence-electron chi connectivity index (χ0n) is 41.5. The molecule has 7 heterocycles. The maximum atomic E-state index is 13.8. The molecule has 5 aromatic rings. The third kappa shape index (κ3) is 8.76. The van der Waals surface area contributed by atoms with Crippen LogP contribution in [0.2, 0.25) is 0 Å². The molecule has 19 heteroatoms. The second-order valence-corrected chi connectivity index (χ2v) is 24.6. The molecule has 1 unspecified atom stereocenters. The fourth-order valence-corrected chi connectivity index (χ4v) is 13.6. The molecule has 2 aromatic heterocycles. The second-order valence-electron chi connectivity index (χ2n) is 20.6. The molecule has 4 amide bonds. The number of ether oxygens (including phenoxy) is 1. The Morgan fingerprint density at radius 3 is 2.36 bits per heavy atom. The SMILES string of the molecule is CCc1cc(Nc2ncc(Br)c(Nc3ccc4nc(C)ccc4c3P(C)(C)=O)n2)c(OC)cc1N1CCC(N2CCN(C(=O)C3CN(c4ccc5c(c4)C(=O)N(C4CCC(=O)NC4=O)C54CC4)C3)CC2)CC1. The average Bonchev–Trinajstić information content (AvgIpc) is 4.12. The number of nitrogens with one attached hydrogen (secondary N) is 3. The van der Waals surface area contributed by atoms with Crippen molar-refractivity contribution in [1.29, 1.82) is 0 Å². The number of anilines is 6. The molecule has 1 saturated carbocycles. The Hall–Kier alpha value is -6.10. The number of aromatic nitrogens is 3. The zero-order chi connectivity index (χ0) is 50.2. The van der Waals surface area contributed by atoms with Crippen molar-refractivity contribution in [3.8, 4) is 5.75 Å². The number of amides is 4. The van der Waals surface area contributed by atoms with Crippen molar-refractivity contribution in [2.45, 2.75) is 76.4 Å². The normalized spacial score (nSPS) is 20.5. The third-order valence-electron chi connectivity index (χ3n) is 15.7. The van der Waals surface area contributed by atoms with Crippen LogP contribution in [0.5, 0.6) is 5.75 Å². The number of carbonyl (C=O) groups excluding carboxylic acids is 4. The molecule has 376 valence electrons. The van der Waals surface area contributed by atoms with Gasteiger partial charge >= 0.3 is 0 Å². The standard InChI is InChI=1S/C53H61BrN11O6P/c1-6-32-25-42(58-52-55-28-39(54)48(60-52)57-41-12-11-40-36(9-7-31(2)56-40)47(41)72(4,5)70)45(71-3)27-44(32)62-19-15-34(16-20-62)61-21-23-63(24-22-61)50(68)33-29-64(30-33)35-8-10-38-37(26-35)51(69)65(53(38)17-18-53)43-13-14-46(66)59-49(43)67/h7-12,25-28,33-34,43H,6,13-24,29-30H2,1-5H3,(H,59,66,67)(H2,55,57,58,60). The fourth-order valence-electron chi connectivity index (χ4n) is 11.8. The summed E-state index contributed by atoms with van der Waals surface area (Å²) in [5, 5.41) is 10.8. The van der Waals surface area contributed by atoms with Crippen LogP contribution in [0.4, 0.5) is 34.5 Å². The first kappa shape index (κ1) is 48.2. The van der Waals surface area contributed by atoms with Gasteiger partial charge in [-0.15, -0.1) is 0 Å². The van der Waals surface area contributed by atoms with E-state index in [1.54, 1.807) is 31.5 Å². The van der Waals surface area contributed by atoms with Crippen LogP contribution in [0, 0.1) is 12.8 Å². The van der Waals surface area contributed by atoms with Gasteiger partial charge in [-0.25, -0.2) is 4.98 Å². The van der Waals surface area contributed by atoms with E-state index in [4.69, 9.17) is 9.72 Å². The van der Waals surface area contributed by atoms with Crippen molar-refractivity contribution in [1.82, 2.24) is 35.0 Å². The molecule has 17 nitrogen and oxygen atoms in total. The molecule has 0 radical (unpaired) electrons. The fraction of sp³-hybridized carbons (Fsp3) is 0.453. The smallest absolute Gasteiger partial charge is 0.255 e. The minimum absolute atomic E-state index is 0.0851. The van der Waals surface area contributed by atoms with Crippen molar-refractivity contribution in [3.05, 3.63) is 87.7 Å². The number of aryl methyl sites for hydroxylation is 2. The Morgan fingerprint density at radius 2 is 1.67 bits per heavy atom. The Morgan fingerprint density at radius 1 is 0.903 bits per heavy atom. The summed E-state index contributed by atoms with van der Waals surface area (Å²) in [5.41, 5.74) is 7.57. The van der Waals surface area contributed by atoms with E-state index < -0.39 is 18.7 Å². The lowest BCUT2D eigenvalue weighted by atomic mass is 9.95. The lowest BCUT2D eigenvalue weighted by molar-refractivity contribution is -0.139. The van der Waals surface area contributed by atoms with Gasteiger partial charge in [-0.05, 0) is 122 Å². The number of halogens is 1. The van der Waals surface area contributed by atoms with Gasteiger partial charge in [0, 0.05) is 110 Å². The number of pyridine rings is 1. The van der Waals surface area contributed by atoms with Gasteiger partial charge in [0.25, 0.3) is 5.91 Å². The van der Waals surface area contributed by atoms with Gasteiger partial charge in [0.15, 0.2) is 0 Å². The number of benzene rings is 3. The molecular weight excluding hydrogens is 998 g/mol. The first-order valence-electron chi connectivity index (χ1n) is 25.2. The number of hydrogen-bond donors (Lipinski definition) is 3. The van der Waals surface area contributed by atoms with Crippen LogP contribution in [0.25, 0.3) is 10.9 Å². The van der Waals surface area contributed by atoms with E-state index in [-0.39, 0.29) is 36.0 Å². The quantitative estimate of drug-likeness (QED) is 0.0866. The molecule has 0 bridgehead atoms. The van der Waals surface area contributed by atoms with Gasteiger partial charge in [-0.1, -0.05) is 19.1 Å². The second kappa shape index (κ2) is 18.7. The number of imide groups is 1. The van der Waals surface area contributed by atoms with E-state index in [0.29, 0.717) is 71.9 Å². The van der Waals surface area contributed by atoms with E-state index in [1.807, 2.05) is 54.3 Å². The van der Waals surface area contributed by atoms with Gasteiger partial charge < -0.3 is 39.5 Å². The number of nitrogens with zero attached hydrogens (tertiary/aromatic N) is 8. The summed E-state index contributed by atoms with van der Waals surface area (Å²) >= 11 is 3.62. The van der Waals surface area contributed by atoms with Crippen LogP contribution >= 0.6 is 23.1 Å². The zero-order valence-corrected chi connectivity index (χ0v) is 43.9. The highest BCUT2D eigenvalue weighted by Gasteiger charge is 2.61. The number of piperazine rings is 1. The summed E-state index contributed by atoms with van der Waals surface area (Å²) in [7, 11) is -1.07.